The molecule has 0 radical (unpaired) electrons. The third kappa shape index (κ3) is 1.89. The van der Waals surface area contributed by atoms with Crippen molar-refractivity contribution in [1.82, 2.24) is 0 Å². The Balaban J connectivity index is 2.44. The second-order valence-electron chi connectivity index (χ2n) is 5.63. The molecule has 1 nitrogen and oxygen atoms in total. The standard InChI is InChI=1S/C15H22O/c1-10(2)12-7-8-15(4,16)14-6-5-11(3)13(14)9-12/h9,14,16H,1,5-8H2,2-4H3. The van der Waals surface area contributed by atoms with Crippen molar-refractivity contribution in [2.75, 3.05) is 0 Å². The molecule has 2 rings (SSSR count). The first-order valence-electron chi connectivity index (χ1n) is 6.20. The van der Waals surface area contributed by atoms with Crippen LogP contribution in [0.25, 0.3) is 0 Å². The largest absolute Gasteiger partial charge is 0.390 e. The molecule has 88 valence electrons. The summed E-state index contributed by atoms with van der Waals surface area (Å²) >= 11 is 0. The molecule has 0 aliphatic heterocycles. The first-order valence-corrected chi connectivity index (χ1v) is 6.20. The zero-order valence-corrected chi connectivity index (χ0v) is 10.6. The van der Waals surface area contributed by atoms with Gasteiger partial charge in [-0.25, -0.2) is 0 Å². The average Bonchev–Trinajstić information content (AvgIpc) is 2.47. The normalized spacial score (nSPS) is 34.5. The molecule has 2 aliphatic rings. The summed E-state index contributed by atoms with van der Waals surface area (Å²) in [6.45, 7) is 10.3. The minimum atomic E-state index is -0.541. The van der Waals surface area contributed by atoms with Crippen molar-refractivity contribution in [3.63, 3.8) is 0 Å². The Bertz CT molecular complexity index is 382. The van der Waals surface area contributed by atoms with E-state index in [1.54, 1.807) is 0 Å². The minimum absolute atomic E-state index is 0.337. The van der Waals surface area contributed by atoms with E-state index in [-0.39, 0.29) is 0 Å². The molecular weight excluding hydrogens is 196 g/mol. The second-order valence-corrected chi connectivity index (χ2v) is 5.63. The summed E-state index contributed by atoms with van der Waals surface area (Å²) in [5.41, 5.74) is 4.75. The van der Waals surface area contributed by atoms with Crippen molar-refractivity contribution in [3.05, 3.63) is 34.9 Å². The lowest BCUT2D eigenvalue weighted by Gasteiger charge is -2.29. The van der Waals surface area contributed by atoms with Crippen LogP contribution in [0.5, 0.6) is 0 Å². The SMILES string of the molecule is C=C(C)C1=CC2=C(C)CCC2C(C)(O)CC1. The van der Waals surface area contributed by atoms with Crippen LogP contribution in [-0.4, -0.2) is 10.7 Å². The Kier molecular flexibility index (Phi) is 2.83. The van der Waals surface area contributed by atoms with E-state index in [2.05, 4.69) is 26.5 Å². The van der Waals surface area contributed by atoms with Gasteiger partial charge in [-0.3, -0.25) is 0 Å². The fraction of sp³-hybridized carbons (Fsp3) is 0.600. The van der Waals surface area contributed by atoms with E-state index in [4.69, 9.17) is 0 Å². The fourth-order valence-electron chi connectivity index (χ4n) is 2.99. The molecule has 0 aromatic rings. The van der Waals surface area contributed by atoms with E-state index in [0.29, 0.717) is 5.92 Å². The number of hydrogen-bond acceptors (Lipinski definition) is 1. The maximum Gasteiger partial charge on any atom is 0.0691 e. The summed E-state index contributed by atoms with van der Waals surface area (Å²) in [6.07, 6.45) is 6.34. The van der Waals surface area contributed by atoms with Crippen LogP contribution in [0.2, 0.25) is 0 Å². The fourth-order valence-corrected chi connectivity index (χ4v) is 2.99. The van der Waals surface area contributed by atoms with Gasteiger partial charge in [0.25, 0.3) is 0 Å². The molecule has 0 heterocycles. The Hall–Kier alpha value is -0.820. The summed E-state index contributed by atoms with van der Waals surface area (Å²) in [7, 11) is 0. The number of hydrogen-bond donors (Lipinski definition) is 1. The van der Waals surface area contributed by atoms with Gasteiger partial charge in [0.2, 0.25) is 0 Å². The molecule has 0 saturated carbocycles. The molecule has 16 heavy (non-hydrogen) atoms. The van der Waals surface area contributed by atoms with Gasteiger partial charge in [-0.15, -0.1) is 0 Å². The van der Waals surface area contributed by atoms with Crippen LogP contribution >= 0.6 is 0 Å². The van der Waals surface area contributed by atoms with E-state index in [0.717, 1.165) is 31.3 Å². The highest BCUT2D eigenvalue weighted by Crippen LogP contribution is 2.45. The predicted molar refractivity (Wildman–Crippen MR) is 68.2 cm³/mol. The number of fused-ring (bicyclic) bond motifs is 1. The van der Waals surface area contributed by atoms with E-state index in [1.807, 2.05) is 6.92 Å². The summed E-state index contributed by atoms with van der Waals surface area (Å²) < 4.78 is 0. The Labute approximate surface area is 98.6 Å². The molecule has 0 fully saturated rings. The first-order chi connectivity index (χ1) is 7.42. The molecule has 2 unspecified atom stereocenters. The lowest BCUT2D eigenvalue weighted by atomic mass is 9.82. The van der Waals surface area contributed by atoms with Crippen LogP contribution in [0, 0.1) is 5.92 Å². The van der Waals surface area contributed by atoms with Crippen LogP contribution in [0.15, 0.2) is 34.9 Å². The van der Waals surface area contributed by atoms with Crippen LogP contribution in [0.1, 0.15) is 46.5 Å². The monoisotopic (exact) mass is 218 g/mol. The maximum atomic E-state index is 10.5. The van der Waals surface area contributed by atoms with Gasteiger partial charge in [0.05, 0.1) is 5.60 Å². The van der Waals surface area contributed by atoms with E-state index in [9.17, 15) is 5.11 Å². The Morgan fingerprint density at radius 1 is 1.50 bits per heavy atom. The average molecular weight is 218 g/mol. The van der Waals surface area contributed by atoms with Crippen LogP contribution in [0.4, 0.5) is 0 Å². The van der Waals surface area contributed by atoms with Crippen molar-refractivity contribution in [2.24, 2.45) is 5.92 Å². The molecular formula is C15H22O. The third-order valence-corrected chi connectivity index (χ3v) is 4.21. The second kappa shape index (κ2) is 3.89. The maximum absolute atomic E-state index is 10.5. The zero-order chi connectivity index (χ0) is 11.9. The topological polar surface area (TPSA) is 20.2 Å². The molecule has 0 aromatic heterocycles. The summed E-state index contributed by atoms with van der Waals surface area (Å²) in [5, 5.41) is 10.5. The van der Waals surface area contributed by atoms with Crippen molar-refractivity contribution in [2.45, 2.75) is 52.1 Å². The van der Waals surface area contributed by atoms with Gasteiger partial charge in [-0.05, 0) is 57.6 Å². The molecule has 2 atom stereocenters. The smallest absolute Gasteiger partial charge is 0.0691 e. The lowest BCUT2D eigenvalue weighted by Crippen LogP contribution is -2.33. The number of rotatable bonds is 1. The van der Waals surface area contributed by atoms with Gasteiger partial charge in [0.1, 0.15) is 0 Å². The minimum Gasteiger partial charge on any atom is -0.390 e. The van der Waals surface area contributed by atoms with Gasteiger partial charge in [0, 0.05) is 5.92 Å². The van der Waals surface area contributed by atoms with Gasteiger partial charge in [-0.2, -0.15) is 0 Å². The predicted octanol–water partition coefficient (Wildman–Crippen LogP) is 3.76. The van der Waals surface area contributed by atoms with Crippen LogP contribution in [-0.2, 0) is 0 Å². The lowest BCUT2D eigenvalue weighted by molar-refractivity contribution is 0.00889. The van der Waals surface area contributed by atoms with E-state index >= 15 is 0 Å². The quantitative estimate of drug-likeness (QED) is 0.710. The highest BCUT2D eigenvalue weighted by Gasteiger charge is 2.38. The molecule has 0 spiro atoms. The first kappa shape index (κ1) is 11.7. The zero-order valence-electron chi connectivity index (χ0n) is 10.6. The Morgan fingerprint density at radius 2 is 2.19 bits per heavy atom. The molecule has 2 aliphatic carbocycles. The van der Waals surface area contributed by atoms with Gasteiger partial charge >= 0.3 is 0 Å². The van der Waals surface area contributed by atoms with Crippen molar-refractivity contribution in [3.8, 4) is 0 Å². The Morgan fingerprint density at radius 3 is 2.81 bits per heavy atom. The van der Waals surface area contributed by atoms with Crippen LogP contribution < -0.4 is 0 Å². The van der Waals surface area contributed by atoms with Crippen molar-refractivity contribution < 1.29 is 5.11 Å². The van der Waals surface area contributed by atoms with Crippen LogP contribution in [0.3, 0.4) is 0 Å². The highest BCUT2D eigenvalue weighted by atomic mass is 16.3. The third-order valence-electron chi connectivity index (χ3n) is 4.21. The van der Waals surface area contributed by atoms with Gasteiger partial charge < -0.3 is 5.11 Å². The molecule has 0 amide bonds. The molecule has 0 bridgehead atoms. The van der Waals surface area contributed by atoms with Gasteiger partial charge in [0.15, 0.2) is 0 Å². The molecule has 0 saturated heterocycles. The summed E-state index contributed by atoms with van der Waals surface area (Å²) in [4.78, 5) is 0. The van der Waals surface area contributed by atoms with Crippen molar-refractivity contribution >= 4 is 0 Å². The van der Waals surface area contributed by atoms with Crippen molar-refractivity contribution in [1.29, 1.82) is 0 Å². The van der Waals surface area contributed by atoms with Gasteiger partial charge in [-0.1, -0.05) is 23.8 Å². The van der Waals surface area contributed by atoms with E-state index in [1.165, 1.54) is 16.7 Å². The molecule has 0 aromatic carbocycles. The van der Waals surface area contributed by atoms with E-state index < -0.39 is 5.60 Å². The molecule has 1 N–H and O–H groups in total. The highest BCUT2D eigenvalue weighted by molar-refractivity contribution is 5.42. The summed E-state index contributed by atoms with van der Waals surface area (Å²) in [5.74, 6) is 0.337. The molecule has 1 heteroatoms. The summed E-state index contributed by atoms with van der Waals surface area (Å²) in [6, 6.07) is 0. The number of allylic oxidation sites excluding steroid dienone is 4. The number of aliphatic hydroxyl groups is 1.